The molecule has 3 heteroatoms. The fraction of sp³-hybridized carbons (Fsp3) is 0.600. The van der Waals surface area contributed by atoms with Gasteiger partial charge in [0.1, 0.15) is 0 Å². The van der Waals surface area contributed by atoms with Crippen LogP contribution in [-0.2, 0) is 0 Å². The molecule has 2 N–H and O–H groups in total. The van der Waals surface area contributed by atoms with Gasteiger partial charge in [0.15, 0.2) is 0 Å². The highest BCUT2D eigenvalue weighted by molar-refractivity contribution is 6.33. The minimum Gasteiger partial charge on any atom is -0.324 e. The molecule has 0 bridgehead atoms. The van der Waals surface area contributed by atoms with Gasteiger partial charge in [-0.1, -0.05) is 49.4 Å². The first-order valence-electron chi connectivity index (χ1n) is 6.82. The van der Waals surface area contributed by atoms with Gasteiger partial charge >= 0.3 is 0 Å². The predicted molar refractivity (Wildman–Crippen MR) is 79.1 cm³/mol. The Balaban J connectivity index is 2.07. The highest BCUT2D eigenvalue weighted by Crippen LogP contribution is 2.39. The van der Waals surface area contributed by atoms with Crippen molar-refractivity contribution >= 4 is 23.2 Å². The van der Waals surface area contributed by atoms with Gasteiger partial charge in [-0.05, 0) is 48.4 Å². The normalized spacial score (nSPS) is 26.0. The van der Waals surface area contributed by atoms with Crippen molar-refractivity contribution in [2.45, 2.75) is 45.1 Å². The second kappa shape index (κ2) is 6.27. The molecule has 0 amide bonds. The Morgan fingerprint density at radius 1 is 1.22 bits per heavy atom. The molecule has 1 aliphatic carbocycles. The maximum Gasteiger partial charge on any atom is 0.0454 e. The van der Waals surface area contributed by atoms with Crippen LogP contribution in [0.3, 0.4) is 0 Å². The lowest BCUT2D eigenvalue weighted by atomic mass is 9.76. The van der Waals surface area contributed by atoms with E-state index in [0.29, 0.717) is 10.9 Å². The predicted octanol–water partition coefficient (Wildman–Crippen LogP) is 5.21. The zero-order chi connectivity index (χ0) is 13.1. The molecular formula is C15H21Cl2N. The lowest BCUT2D eigenvalue weighted by Crippen LogP contribution is -2.26. The van der Waals surface area contributed by atoms with E-state index in [-0.39, 0.29) is 6.04 Å². The average molecular weight is 286 g/mol. The Hall–Kier alpha value is -0.240. The van der Waals surface area contributed by atoms with Crippen LogP contribution in [0.1, 0.15) is 50.6 Å². The second-order valence-corrected chi connectivity index (χ2v) is 6.22. The Morgan fingerprint density at radius 2 is 1.89 bits per heavy atom. The van der Waals surface area contributed by atoms with Crippen molar-refractivity contribution < 1.29 is 0 Å². The quantitative estimate of drug-likeness (QED) is 0.811. The molecule has 1 aromatic rings. The van der Waals surface area contributed by atoms with Crippen LogP contribution in [0.15, 0.2) is 18.2 Å². The van der Waals surface area contributed by atoms with E-state index in [1.807, 2.05) is 18.2 Å². The van der Waals surface area contributed by atoms with Crippen LogP contribution < -0.4 is 5.73 Å². The number of rotatable bonds is 3. The summed E-state index contributed by atoms with van der Waals surface area (Å²) in [4.78, 5) is 0. The summed E-state index contributed by atoms with van der Waals surface area (Å²) < 4.78 is 0. The molecule has 0 saturated heterocycles. The van der Waals surface area contributed by atoms with Gasteiger partial charge in [-0.2, -0.15) is 0 Å². The lowest BCUT2D eigenvalue weighted by Gasteiger charge is -2.32. The number of hydrogen-bond donors (Lipinski definition) is 1. The SMILES string of the molecule is CCC1CCC(C(N)c2cc(Cl)ccc2Cl)CC1. The highest BCUT2D eigenvalue weighted by atomic mass is 35.5. The Bertz CT molecular complexity index is 397. The number of hydrogen-bond acceptors (Lipinski definition) is 1. The van der Waals surface area contributed by atoms with Crippen molar-refractivity contribution in [3.8, 4) is 0 Å². The van der Waals surface area contributed by atoms with Crippen molar-refractivity contribution in [2.75, 3.05) is 0 Å². The first-order valence-corrected chi connectivity index (χ1v) is 7.58. The standard InChI is InChI=1S/C15H21Cl2N/c1-2-10-3-5-11(6-4-10)15(18)13-9-12(16)7-8-14(13)17/h7-11,15H,2-6,18H2,1H3. The zero-order valence-electron chi connectivity index (χ0n) is 10.8. The smallest absolute Gasteiger partial charge is 0.0454 e. The van der Waals surface area contributed by atoms with Gasteiger partial charge < -0.3 is 5.73 Å². The third-order valence-electron chi connectivity index (χ3n) is 4.29. The lowest BCUT2D eigenvalue weighted by molar-refractivity contribution is 0.240. The molecular weight excluding hydrogens is 265 g/mol. The van der Waals surface area contributed by atoms with E-state index in [1.54, 1.807) is 0 Å². The highest BCUT2D eigenvalue weighted by Gasteiger charge is 2.26. The van der Waals surface area contributed by atoms with Gasteiger partial charge in [-0.3, -0.25) is 0 Å². The number of halogens is 2. The summed E-state index contributed by atoms with van der Waals surface area (Å²) in [6, 6.07) is 5.60. The Kier molecular flexibility index (Phi) is 4.94. The summed E-state index contributed by atoms with van der Waals surface area (Å²) >= 11 is 12.3. The van der Waals surface area contributed by atoms with Crippen LogP contribution in [0.4, 0.5) is 0 Å². The fourth-order valence-electron chi connectivity index (χ4n) is 2.98. The molecule has 1 unspecified atom stereocenters. The van der Waals surface area contributed by atoms with Crippen molar-refractivity contribution in [1.29, 1.82) is 0 Å². The van der Waals surface area contributed by atoms with Gasteiger partial charge in [-0.15, -0.1) is 0 Å². The first-order chi connectivity index (χ1) is 8.61. The van der Waals surface area contributed by atoms with Crippen molar-refractivity contribution in [3.05, 3.63) is 33.8 Å². The molecule has 0 radical (unpaired) electrons. The summed E-state index contributed by atoms with van der Waals surface area (Å²) in [5.74, 6) is 1.44. The minimum absolute atomic E-state index is 0.0222. The van der Waals surface area contributed by atoms with E-state index in [0.717, 1.165) is 16.5 Å². The molecule has 1 nitrogen and oxygen atoms in total. The van der Waals surface area contributed by atoms with Crippen LogP contribution in [0.5, 0.6) is 0 Å². The van der Waals surface area contributed by atoms with Crippen LogP contribution >= 0.6 is 23.2 Å². The summed E-state index contributed by atoms with van der Waals surface area (Å²) in [7, 11) is 0. The molecule has 1 aromatic carbocycles. The maximum absolute atomic E-state index is 6.38. The van der Waals surface area contributed by atoms with Gasteiger partial charge in [0, 0.05) is 16.1 Å². The van der Waals surface area contributed by atoms with Crippen molar-refractivity contribution in [2.24, 2.45) is 17.6 Å². The third-order valence-corrected chi connectivity index (χ3v) is 4.87. The maximum atomic E-state index is 6.38. The molecule has 0 spiro atoms. The van der Waals surface area contributed by atoms with E-state index in [1.165, 1.54) is 32.1 Å². The number of benzene rings is 1. The zero-order valence-corrected chi connectivity index (χ0v) is 12.3. The van der Waals surface area contributed by atoms with Crippen LogP contribution in [0.25, 0.3) is 0 Å². The fourth-order valence-corrected chi connectivity index (χ4v) is 3.40. The van der Waals surface area contributed by atoms with Gasteiger partial charge in [0.05, 0.1) is 0 Å². The third kappa shape index (κ3) is 3.20. The van der Waals surface area contributed by atoms with Gasteiger partial charge in [-0.25, -0.2) is 0 Å². The topological polar surface area (TPSA) is 26.0 Å². The molecule has 0 aromatic heterocycles. The van der Waals surface area contributed by atoms with Gasteiger partial charge in [0.25, 0.3) is 0 Å². The van der Waals surface area contributed by atoms with Crippen LogP contribution in [0.2, 0.25) is 10.0 Å². The summed E-state index contributed by atoms with van der Waals surface area (Å²) in [6.45, 7) is 2.28. The monoisotopic (exact) mass is 285 g/mol. The number of nitrogens with two attached hydrogens (primary N) is 1. The van der Waals surface area contributed by atoms with Crippen molar-refractivity contribution in [1.82, 2.24) is 0 Å². The average Bonchev–Trinajstić information content (AvgIpc) is 2.41. The molecule has 1 atom stereocenters. The molecule has 0 aliphatic heterocycles. The molecule has 2 rings (SSSR count). The molecule has 1 saturated carbocycles. The summed E-state index contributed by atoms with van der Waals surface area (Å²) in [5.41, 5.74) is 7.39. The summed E-state index contributed by atoms with van der Waals surface area (Å²) in [6.07, 6.45) is 6.31. The first kappa shape index (κ1) is 14.2. The van der Waals surface area contributed by atoms with E-state index in [2.05, 4.69) is 6.92 Å². The van der Waals surface area contributed by atoms with E-state index >= 15 is 0 Å². The van der Waals surface area contributed by atoms with E-state index < -0.39 is 0 Å². The van der Waals surface area contributed by atoms with E-state index in [4.69, 9.17) is 28.9 Å². The van der Waals surface area contributed by atoms with E-state index in [9.17, 15) is 0 Å². The second-order valence-electron chi connectivity index (χ2n) is 5.38. The summed E-state index contributed by atoms with van der Waals surface area (Å²) in [5, 5.41) is 1.46. The van der Waals surface area contributed by atoms with Crippen molar-refractivity contribution in [3.63, 3.8) is 0 Å². The molecule has 100 valence electrons. The molecule has 18 heavy (non-hydrogen) atoms. The van der Waals surface area contributed by atoms with Crippen LogP contribution in [-0.4, -0.2) is 0 Å². The molecule has 0 heterocycles. The Labute approximate surface area is 120 Å². The van der Waals surface area contributed by atoms with Crippen LogP contribution in [0, 0.1) is 11.8 Å². The van der Waals surface area contributed by atoms with Gasteiger partial charge in [0.2, 0.25) is 0 Å². The molecule has 1 fully saturated rings. The minimum atomic E-state index is 0.0222. The molecule has 1 aliphatic rings. The Morgan fingerprint density at radius 3 is 2.50 bits per heavy atom. The largest absolute Gasteiger partial charge is 0.324 e.